The first-order valence-electron chi connectivity index (χ1n) is 15.9. The van der Waals surface area contributed by atoms with Crippen LogP contribution in [0.4, 0.5) is 10.1 Å². The summed E-state index contributed by atoms with van der Waals surface area (Å²) < 4.78 is 14.7. The molecule has 0 spiro atoms. The number of carbonyl (C=O) groups excluding carboxylic acids is 2. The maximum atomic E-state index is 14.7. The summed E-state index contributed by atoms with van der Waals surface area (Å²) in [5.41, 5.74) is 6.42. The maximum Gasteiger partial charge on any atom is 0.258 e. The summed E-state index contributed by atoms with van der Waals surface area (Å²) in [6, 6.07) is 21.8. The number of aromatic nitrogens is 2. The van der Waals surface area contributed by atoms with E-state index in [0.29, 0.717) is 28.4 Å². The molecular weight excluding hydrogens is 603 g/mol. The Bertz CT molecular complexity index is 1770. The molecule has 7 rings (SSSR count). The van der Waals surface area contributed by atoms with Gasteiger partial charge >= 0.3 is 0 Å². The Morgan fingerprint density at radius 3 is 2.50 bits per heavy atom. The first kappa shape index (κ1) is 30.6. The van der Waals surface area contributed by atoms with Crippen molar-refractivity contribution in [2.45, 2.75) is 69.9 Å². The molecular formula is C36H38ClFN6O2. The van der Waals surface area contributed by atoms with Gasteiger partial charge in [-0.25, -0.2) is 4.39 Å². The van der Waals surface area contributed by atoms with Crippen molar-refractivity contribution in [2.75, 3.05) is 18.4 Å². The van der Waals surface area contributed by atoms with Gasteiger partial charge in [0, 0.05) is 60.1 Å². The number of hydrogen-bond acceptors (Lipinski definition) is 5. The topological polar surface area (TPSA) is 102 Å². The second-order valence-electron chi connectivity index (χ2n) is 13.0. The van der Waals surface area contributed by atoms with Gasteiger partial charge in [0.15, 0.2) is 5.67 Å². The van der Waals surface area contributed by atoms with Crippen LogP contribution in [0.15, 0.2) is 66.7 Å². The zero-order valence-corrected chi connectivity index (χ0v) is 26.8. The minimum absolute atomic E-state index is 0.107. The molecule has 1 aliphatic carbocycles. The fourth-order valence-corrected chi connectivity index (χ4v) is 7.01. The molecule has 238 valence electrons. The van der Waals surface area contributed by atoms with E-state index in [-0.39, 0.29) is 19.3 Å². The third-order valence-corrected chi connectivity index (χ3v) is 9.94. The molecule has 2 aliphatic heterocycles. The van der Waals surface area contributed by atoms with Gasteiger partial charge in [-0.2, -0.15) is 5.10 Å². The summed E-state index contributed by atoms with van der Waals surface area (Å²) in [6.45, 7) is 6.92. The molecule has 10 heteroatoms. The summed E-state index contributed by atoms with van der Waals surface area (Å²) in [6.07, 6.45) is 1.63. The highest BCUT2D eigenvalue weighted by Gasteiger charge is 2.51. The summed E-state index contributed by atoms with van der Waals surface area (Å²) >= 11 is 6.67. The summed E-state index contributed by atoms with van der Waals surface area (Å²) in [5.74, 6) is -1.21. The van der Waals surface area contributed by atoms with Gasteiger partial charge in [-0.15, -0.1) is 0 Å². The Balaban J connectivity index is 1.10. The van der Waals surface area contributed by atoms with Gasteiger partial charge in [-0.1, -0.05) is 48.0 Å². The van der Waals surface area contributed by atoms with Gasteiger partial charge in [-0.3, -0.25) is 19.6 Å². The number of aromatic amines is 1. The van der Waals surface area contributed by atoms with E-state index >= 15 is 0 Å². The van der Waals surface area contributed by atoms with Gasteiger partial charge in [-0.05, 0) is 91.3 Å². The fourth-order valence-electron chi connectivity index (χ4n) is 6.81. The van der Waals surface area contributed by atoms with Crippen molar-refractivity contribution in [3.8, 4) is 22.3 Å². The molecule has 2 bridgehead atoms. The van der Waals surface area contributed by atoms with Gasteiger partial charge in [0.05, 0.1) is 5.69 Å². The van der Waals surface area contributed by atoms with E-state index in [9.17, 15) is 14.0 Å². The normalized spacial score (nSPS) is 20.4. The first-order valence-corrected chi connectivity index (χ1v) is 16.3. The lowest BCUT2D eigenvalue weighted by molar-refractivity contribution is -0.131. The smallest absolute Gasteiger partial charge is 0.258 e. The van der Waals surface area contributed by atoms with Crippen LogP contribution in [0, 0.1) is 13.8 Å². The number of H-pyrrole nitrogens is 1. The van der Waals surface area contributed by atoms with Crippen molar-refractivity contribution in [3.63, 3.8) is 0 Å². The number of rotatable bonds is 10. The molecule has 8 nitrogen and oxygen atoms in total. The number of likely N-dealkylation sites (tertiary alicyclic amines) is 1. The Kier molecular flexibility index (Phi) is 8.17. The van der Waals surface area contributed by atoms with E-state index in [1.54, 1.807) is 12.1 Å². The maximum absolute atomic E-state index is 14.7. The average Bonchev–Trinajstić information content (AvgIpc) is 3.32. The van der Waals surface area contributed by atoms with E-state index in [4.69, 9.17) is 11.6 Å². The van der Waals surface area contributed by atoms with Crippen LogP contribution >= 0.6 is 11.6 Å². The van der Waals surface area contributed by atoms with Crippen molar-refractivity contribution >= 4 is 29.1 Å². The molecule has 3 atom stereocenters. The van der Waals surface area contributed by atoms with Crippen LogP contribution in [0.5, 0.6) is 0 Å². The molecule has 4 aromatic rings. The second-order valence-corrected chi connectivity index (χ2v) is 13.4. The second kappa shape index (κ2) is 12.3. The number of fused-ring (bicyclic) bond motifs is 2. The lowest BCUT2D eigenvalue weighted by atomic mass is 9.97. The zero-order valence-electron chi connectivity index (χ0n) is 26.0. The van der Waals surface area contributed by atoms with Gasteiger partial charge < -0.3 is 16.0 Å². The Labute approximate surface area is 273 Å². The number of carbonyl (C=O) groups is 2. The molecule has 3 aromatic carbocycles. The number of anilines is 1. The largest absolute Gasteiger partial charge is 0.341 e. The van der Waals surface area contributed by atoms with Crippen molar-refractivity contribution in [1.82, 2.24) is 25.7 Å². The van der Waals surface area contributed by atoms with Crippen LogP contribution in [0.1, 0.15) is 41.8 Å². The van der Waals surface area contributed by atoms with E-state index < -0.39 is 23.5 Å². The van der Waals surface area contributed by atoms with Gasteiger partial charge in [0.2, 0.25) is 5.91 Å². The highest BCUT2D eigenvalue weighted by molar-refractivity contribution is 6.31. The van der Waals surface area contributed by atoms with Crippen molar-refractivity contribution in [3.05, 3.63) is 94.3 Å². The third kappa shape index (κ3) is 6.32. The number of hydrogen-bond donors (Lipinski definition) is 4. The predicted molar refractivity (Wildman–Crippen MR) is 178 cm³/mol. The standard InChI is InChI=1S/C36H38ClFN6O2/c1-21-33(22(2)43-42-21)24-6-9-28(10-7-24)40-34(45)32(41-35(46)36(38)12-13-36)16-27-15-26(8-11-31(27)37)25-5-3-4-23(14-25)19-44-20-29-17-30(44)18-39-29/h3-11,14-15,29-30,32,39H,12-13,16-20H2,1-2H3,(H,40,45)(H,41,46)(H,42,43)/t29-,30-,32+/m1/s1. The van der Waals surface area contributed by atoms with E-state index in [0.717, 1.165) is 53.3 Å². The third-order valence-electron chi connectivity index (χ3n) is 9.57. The summed E-state index contributed by atoms with van der Waals surface area (Å²) in [7, 11) is 0. The van der Waals surface area contributed by atoms with Crippen LogP contribution in [-0.2, 0) is 22.6 Å². The molecule has 0 radical (unpaired) electrons. The molecule has 2 saturated heterocycles. The number of benzene rings is 3. The van der Waals surface area contributed by atoms with Crippen molar-refractivity contribution in [1.29, 1.82) is 0 Å². The van der Waals surface area contributed by atoms with Crippen LogP contribution < -0.4 is 16.0 Å². The molecule has 4 N–H and O–H groups in total. The Hall–Kier alpha value is -4.05. The van der Waals surface area contributed by atoms with E-state index in [1.165, 1.54) is 12.0 Å². The van der Waals surface area contributed by atoms with Gasteiger partial charge in [0.1, 0.15) is 6.04 Å². The monoisotopic (exact) mass is 640 g/mol. The molecule has 46 heavy (non-hydrogen) atoms. The Morgan fingerprint density at radius 2 is 1.83 bits per heavy atom. The highest BCUT2D eigenvalue weighted by Crippen LogP contribution is 2.40. The first-order chi connectivity index (χ1) is 22.1. The summed E-state index contributed by atoms with van der Waals surface area (Å²) in [5, 5.41) is 16.9. The molecule has 1 aromatic heterocycles. The van der Waals surface area contributed by atoms with Crippen LogP contribution in [0.25, 0.3) is 22.3 Å². The number of amides is 2. The quantitative estimate of drug-likeness (QED) is 0.177. The van der Waals surface area contributed by atoms with Crippen molar-refractivity contribution < 1.29 is 14.0 Å². The highest BCUT2D eigenvalue weighted by atomic mass is 35.5. The number of nitrogens with one attached hydrogen (secondary N) is 4. The van der Waals surface area contributed by atoms with Crippen molar-refractivity contribution in [2.24, 2.45) is 0 Å². The molecule has 0 unspecified atom stereocenters. The fraction of sp³-hybridized carbons (Fsp3) is 0.361. The Morgan fingerprint density at radius 1 is 1.07 bits per heavy atom. The molecule has 1 saturated carbocycles. The minimum atomic E-state index is -1.92. The minimum Gasteiger partial charge on any atom is -0.341 e. The number of nitrogens with zero attached hydrogens (tertiary/aromatic N) is 2. The molecule has 3 aliphatic rings. The lowest BCUT2D eigenvalue weighted by Crippen LogP contribution is -2.48. The zero-order chi connectivity index (χ0) is 32.0. The van der Waals surface area contributed by atoms with E-state index in [2.05, 4.69) is 55.3 Å². The number of piperazine rings is 1. The molecule has 3 fully saturated rings. The number of alkyl halides is 1. The van der Waals surface area contributed by atoms with Gasteiger partial charge in [0.25, 0.3) is 5.91 Å². The number of aryl methyl sites for hydroxylation is 2. The number of halogens is 2. The van der Waals surface area contributed by atoms with Crippen LogP contribution in [-0.4, -0.2) is 63.8 Å². The molecule has 2 amide bonds. The molecule has 3 heterocycles. The predicted octanol–water partition coefficient (Wildman–Crippen LogP) is 5.73. The SMILES string of the molecule is Cc1n[nH]c(C)c1-c1ccc(NC(=O)[C@H](Cc2cc(-c3cccc(CN4C[C@H]5C[C@@H]4CN5)c3)ccc2Cl)NC(=O)C2(F)CC2)cc1. The van der Waals surface area contributed by atoms with Crippen LogP contribution in [0.2, 0.25) is 5.02 Å². The lowest BCUT2D eigenvalue weighted by Gasteiger charge is -2.27. The summed E-state index contributed by atoms with van der Waals surface area (Å²) in [4.78, 5) is 29.0. The van der Waals surface area contributed by atoms with E-state index in [1.807, 2.05) is 44.2 Å². The average molecular weight is 641 g/mol. The van der Waals surface area contributed by atoms with Crippen LogP contribution in [0.3, 0.4) is 0 Å².